The lowest BCUT2D eigenvalue weighted by atomic mass is 9.88. The van der Waals surface area contributed by atoms with Gasteiger partial charge in [0.15, 0.2) is 6.54 Å². The number of carbonyl (C=O) groups is 1. The minimum atomic E-state index is -3.45. The van der Waals surface area contributed by atoms with Crippen molar-refractivity contribution in [2.45, 2.75) is 30.2 Å². The molecule has 1 aliphatic heterocycles. The van der Waals surface area contributed by atoms with Crippen LogP contribution < -0.4 is 10.2 Å². The first-order chi connectivity index (χ1) is 14.0. The van der Waals surface area contributed by atoms with Crippen LogP contribution in [0.25, 0.3) is 0 Å². The van der Waals surface area contributed by atoms with Gasteiger partial charge in [0.05, 0.1) is 37.1 Å². The molecule has 6 nitrogen and oxygen atoms in total. The standard InChI is InChI=1S/C22H27N3O3S/c26-22(23-21-12-6-8-18-7-4-5-11-20(18)21)17-24-13-15-25(16-14-24)29(27,28)19-9-2-1-3-10-19/h1-5,7,9-11,21H,6,8,12-17H2,(H,23,26)/p+1/t21-/m1/s1. The summed E-state index contributed by atoms with van der Waals surface area (Å²) in [6.45, 7) is 2.54. The van der Waals surface area contributed by atoms with E-state index >= 15 is 0 Å². The van der Waals surface area contributed by atoms with E-state index in [2.05, 4.69) is 23.5 Å². The van der Waals surface area contributed by atoms with Gasteiger partial charge in [0.1, 0.15) is 0 Å². The Morgan fingerprint density at radius 1 is 1.03 bits per heavy atom. The highest BCUT2D eigenvalue weighted by molar-refractivity contribution is 7.89. The van der Waals surface area contributed by atoms with E-state index in [1.165, 1.54) is 15.4 Å². The predicted octanol–water partition coefficient (Wildman–Crippen LogP) is 0.770. The van der Waals surface area contributed by atoms with E-state index in [0.29, 0.717) is 37.6 Å². The molecule has 29 heavy (non-hydrogen) atoms. The van der Waals surface area contributed by atoms with Crippen molar-refractivity contribution in [2.24, 2.45) is 0 Å². The van der Waals surface area contributed by atoms with E-state index in [-0.39, 0.29) is 11.9 Å². The zero-order valence-corrected chi connectivity index (χ0v) is 17.3. The Labute approximate surface area is 172 Å². The van der Waals surface area contributed by atoms with Crippen LogP contribution in [0.15, 0.2) is 59.5 Å². The first-order valence-electron chi connectivity index (χ1n) is 10.3. The lowest BCUT2D eigenvalue weighted by molar-refractivity contribution is -0.895. The molecule has 0 unspecified atom stereocenters. The fourth-order valence-electron chi connectivity index (χ4n) is 4.34. The van der Waals surface area contributed by atoms with E-state index in [1.807, 2.05) is 12.1 Å². The van der Waals surface area contributed by atoms with Gasteiger partial charge in [-0.25, -0.2) is 8.42 Å². The molecule has 1 fully saturated rings. The quantitative estimate of drug-likeness (QED) is 0.759. The topological polar surface area (TPSA) is 70.9 Å². The molecule has 1 saturated heterocycles. The summed E-state index contributed by atoms with van der Waals surface area (Å²) in [5.41, 5.74) is 2.57. The summed E-state index contributed by atoms with van der Waals surface area (Å²) in [7, 11) is -3.45. The third-order valence-electron chi connectivity index (χ3n) is 5.93. The minimum Gasteiger partial charge on any atom is -0.344 e. The maximum atomic E-state index is 12.7. The molecule has 0 saturated carbocycles. The van der Waals surface area contributed by atoms with Gasteiger partial charge in [0.25, 0.3) is 5.91 Å². The average Bonchev–Trinajstić information content (AvgIpc) is 2.75. The molecule has 0 aromatic heterocycles. The average molecular weight is 415 g/mol. The van der Waals surface area contributed by atoms with E-state index in [9.17, 15) is 13.2 Å². The number of carbonyl (C=O) groups excluding carboxylic acids is 1. The molecule has 154 valence electrons. The van der Waals surface area contributed by atoms with Gasteiger partial charge in [-0.1, -0.05) is 42.5 Å². The van der Waals surface area contributed by atoms with E-state index in [0.717, 1.165) is 24.2 Å². The number of fused-ring (bicyclic) bond motifs is 1. The Balaban J connectivity index is 1.31. The van der Waals surface area contributed by atoms with E-state index in [1.54, 1.807) is 24.3 Å². The Hall–Kier alpha value is -2.22. The Morgan fingerprint density at radius 2 is 1.72 bits per heavy atom. The lowest BCUT2D eigenvalue weighted by Crippen LogP contribution is -3.15. The summed E-state index contributed by atoms with van der Waals surface area (Å²) < 4.78 is 27.0. The molecule has 0 spiro atoms. The third-order valence-corrected chi connectivity index (χ3v) is 7.84. The normalized spacial score (nSPS) is 20.8. The summed E-state index contributed by atoms with van der Waals surface area (Å²) >= 11 is 0. The molecular weight excluding hydrogens is 386 g/mol. The number of hydrogen-bond acceptors (Lipinski definition) is 3. The molecule has 0 bridgehead atoms. The summed E-state index contributed by atoms with van der Waals surface area (Å²) in [5, 5.41) is 3.20. The van der Waals surface area contributed by atoms with E-state index < -0.39 is 10.0 Å². The highest BCUT2D eigenvalue weighted by Gasteiger charge is 2.31. The van der Waals surface area contributed by atoms with Gasteiger partial charge in [-0.05, 0) is 42.5 Å². The van der Waals surface area contributed by atoms with Gasteiger partial charge in [-0.15, -0.1) is 0 Å². The Bertz CT molecular complexity index is 954. The summed E-state index contributed by atoms with van der Waals surface area (Å²) in [6.07, 6.45) is 3.14. The Morgan fingerprint density at radius 3 is 2.48 bits per heavy atom. The Kier molecular flexibility index (Phi) is 5.99. The number of aryl methyl sites for hydroxylation is 1. The number of amides is 1. The SMILES string of the molecule is O=C(C[NH+]1CCN(S(=O)(=O)c2ccccc2)CC1)N[C@@H]1CCCc2ccccc21. The number of nitrogens with one attached hydrogen (secondary N) is 2. The van der Waals surface area contributed by atoms with Gasteiger partial charge in [0, 0.05) is 0 Å². The third kappa shape index (κ3) is 4.52. The van der Waals surface area contributed by atoms with Crippen molar-refractivity contribution in [3.8, 4) is 0 Å². The summed E-state index contributed by atoms with van der Waals surface area (Å²) in [5.74, 6) is 0.0427. The van der Waals surface area contributed by atoms with Gasteiger partial charge >= 0.3 is 0 Å². The van der Waals surface area contributed by atoms with Crippen molar-refractivity contribution < 1.29 is 18.1 Å². The van der Waals surface area contributed by atoms with Gasteiger partial charge < -0.3 is 10.2 Å². The van der Waals surface area contributed by atoms with Crippen LogP contribution in [0.2, 0.25) is 0 Å². The molecule has 1 aliphatic carbocycles. The van der Waals surface area contributed by atoms with Crippen LogP contribution in [0.5, 0.6) is 0 Å². The number of piperazine rings is 1. The molecule has 1 atom stereocenters. The molecular formula is C22H28N3O3S+. The zero-order chi connectivity index (χ0) is 20.3. The number of benzene rings is 2. The number of quaternary nitrogens is 1. The van der Waals surface area contributed by atoms with Crippen LogP contribution in [-0.2, 0) is 21.2 Å². The van der Waals surface area contributed by atoms with Crippen LogP contribution in [0, 0.1) is 0 Å². The maximum absolute atomic E-state index is 12.7. The minimum absolute atomic E-state index is 0.0427. The van der Waals surface area contributed by atoms with Crippen LogP contribution in [-0.4, -0.2) is 51.4 Å². The molecule has 2 aliphatic rings. The number of rotatable bonds is 5. The van der Waals surface area contributed by atoms with Crippen molar-refractivity contribution >= 4 is 15.9 Å². The lowest BCUT2D eigenvalue weighted by Gasteiger charge is -2.32. The van der Waals surface area contributed by atoms with Gasteiger partial charge in [-0.2, -0.15) is 4.31 Å². The first-order valence-corrected chi connectivity index (χ1v) is 11.7. The molecule has 2 aromatic rings. The van der Waals surface area contributed by atoms with Crippen LogP contribution in [0.4, 0.5) is 0 Å². The number of nitrogens with zero attached hydrogens (tertiary/aromatic N) is 1. The summed E-state index contributed by atoms with van der Waals surface area (Å²) in [4.78, 5) is 14.1. The second-order valence-electron chi connectivity index (χ2n) is 7.86. The highest BCUT2D eigenvalue weighted by Crippen LogP contribution is 2.29. The maximum Gasteiger partial charge on any atom is 0.275 e. The second-order valence-corrected chi connectivity index (χ2v) is 9.79. The predicted molar refractivity (Wildman–Crippen MR) is 111 cm³/mol. The molecule has 4 rings (SSSR count). The van der Waals surface area contributed by atoms with Crippen molar-refractivity contribution in [1.82, 2.24) is 9.62 Å². The zero-order valence-electron chi connectivity index (χ0n) is 16.5. The molecule has 0 radical (unpaired) electrons. The van der Waals surface area contributed by atoms with Gasteiger partial charge in [0.2, 0.25) is 10.0 Å². The molecule has 7 heteroatoms. The second kappa shape index (κ2) is 8.65. The largest absolute Gasteiger partial charge is 0.344 e. The molecule has 1 heterocycles. The fourth-order valence-corrected chi connectivity index (χ4v) is 5.80. The number of sulfonamides is 1. The van der Waals surface area contributed by atoms with Crippen LogP contribution in [0.1, 0.15) is 30.0 Å². The molecule has 1 amide bonds. The van der Waals surface area contributed by atoms with Crippen LogP contribution in [0.3, 0.4) is 0 Å². The monoisotopic (exact) mass is 414 g/mol. The van der Waals surface area contributed by atoms with Gasteiger partial charge in [-0.3, -0.25) is 4.79 Å². The molecule has 2 N–H and O–H groups in total. The van der Waals surface area contributed by atoms with E-state index in [4.69, 9.17) is 0 Å². The van der Waals surface area contributed by atoms with Crippen molar-refractivity contribution in [3.63, 3.8) is 0 Å². The number of hydrogen-bond donors (Lipinski definition) is 2. The highest BCUT2D eigenvalue weighted by atomic mass is 32.2. The molecule has 2 aromatic carbocycles. The summed E-state index contributed by atoms with van der Waals surface area (Å²) in [6, 6.07) is 17.0. The smallest absolute Gasteiger partial charge is 0.275 e. The van der Waals surface area contributed by atoms with Crippen molar-refractivity contribution in [1.29, 1.82) is 0 Å². The van der Waals surface area contributed by atoms with Crippen molar-refractivity contribution in [3.05, 3.63) is 65.7 Å². The fraction of sp³-hybridized carbons (Fsp3) is 0.409. The first kappa shape index (κ1) is 20.1. The van der Waals surface area contributed by atoms with Crippen LogP contribution >= 0.6 is 0 Å². The van der Waals surface area contributed by atoms with Crippen molar-refractivity contribution in [2.75, 3.05) is 32.7 Å².